The van der Waals surface area contributed by atoms with Crippen molar-refractivity contribution in [3.05, 3.63) is 65.0 Å². The standard InChI is InChI=1S/C17H20NO2.Li/c1-13(15-6-10-17(20-3)11-7-15)18-12-14-4-8-16(19-2)9-5-14;/h4-11,13H,12H2,1-3H3;/q-1;+1/t13-;/m1./s1. The van der Waals surface area contributed by atoms with Gasteiger partial charge in [0.1, 0.15) is 11.5 Å². The largest absolute Gasteiger partial charge is 1.00 e. The van der Waals surface area contributed by atoms with Gasteiger partial charge in [-0.25, -0.2) is 0 Å². The van der Waals surface area contributed by atoms with E-state index >= 15 is 0 Å². The van der Waals surface area contributed by atoms with Gasteiger partial charge in [-0.05, 0) is 24.3 Å². The number of methoxy groups -OCH3 is 2. The molecule has 0 spiro atoms. The van der Waals surface area contributed by atoms with Crippen LogP contribution in [0, 0.1) is 0 Å². The molecule has 3 nitrogen and oxygen atoms in total. The van der Waals surface area contributed by atoms with Crippen LogP contribution in [-0.2, 0) is 6.54 Å². The van der Waals surface area contributed by atoms with Crippen molar-refractivity contribution in [2.75, 3.05) is 14.2 Å². The second-order valence-electron chi connectivity index (χ2n) is 4.64. The monoisotopic (exact) mass is 277 g/mol. The quantitative estimate of drug-likeness (QED) is 0.747. The molecule has 0 unspecified atom stereocenters. The van der Waals surface area contributed by atoms with Crippen LogP contribution in [0.3, 0.4) is 0 Å². The van der Waals surface area contributed by atoms with Crippen LogP contribution in [0.2, 0.25) is 0 Å². The Morgan fingerprint density at radius 3 is 1.81 bits per heavy atom. The summed E-state index contributed by atoms with van der Waals surface area (Å²) in [7, 11) is 3.34. The van der Waals surface area contributed by atoms with Gasteiger partial charge in [0.15, 0.2) is 0 Å². The third-order valence-corrected chi connectivity index (χ3v) is 3.30. The summed E-state index contributed by atoms with van der Waals surface area (Å²) in [4.78, 5) is 0. The van der Waals surface area contributed by atoms with E-state index in [1.54, 1.807) is 14.2 Å². The molecule has 0 saturated carbocycles. The van der Waals surface area contributed by atoms with Crippen molar-refractivity contribution in [1.82, 2.24) is 0 Å². The van der Waals surface area contributed by atoms with E-state index in [4.69, 9.17) is 14.8 Å². The zero-order valence-electron chi connectivity index (χ0n) is 13.2. The van der Waals surface area contributed by atoms with Crippen molar-refractivity contribution < 1.29 is 28.3 Å². The minimum atomic E-state index is 0. The van der Waals surface area contributed by atoms with Crippen LogP contribution < -0.4 is 28.3 Å². The molecule has 0 N–H and O–H groups in total. The molecule has 21 heavy (non-hydrogen) atoms. The predicted octanol–water partition coefficient (Wildman–Crippen LogP) is 1.34. The molecule has 0 saturated heterocycles. The summed E-state index contributed by atoms with van der Waals surface area (Å²) < 4.78 is 10.3. The Balaban J connectivity index is 0.00000220. The van der Waals surface area contributed by atoms with Gasteiger partial charge in [0.2, 0.25) is 0 Å². The summed E-state index contributed by atoms with van der Waals surface area (Å²) in [5, 5.41) is 4.69. The first-order chi connectivity index (χ1) is 9.72. The van der Waals surface area contributed by atoms with E-state index in [-0.39, 0.29) is 24.9 Å². The normalized spacial score (nSPS) is 11.4. The van der Waals surface area contributed by atoms with Gasteiger partial charge in [0, 0.05) is 0 Å². The molecule has 4 heteroatoms. The molecule has 0 aliphatic carbocycles. The van der Waals surface area contributed by atoms with Crippen molar-refractivity contribution >= 4 is 0 Å². The topological polar surface area (TPSA) is 32.6 Å². The van der Waals surface area contributed by atoms with Gasteiger partial charge in [-0.3, -0.25) is 0 Å². The van der Waals surface area contributed by atoms with E-state index in [0.717, 1.165) is 11.5 Å². The molecule has 2 rings (SSSR count). The molecule has 0 aliphatic rings. The third-order valence-electron chi connectivity index (χ3n) is 3.30. The summed E-state index contributed by atoms with van der Waals surface area (Å²) >= 11 is 0. The first-order valence-electron chi connectivity index (χ1n) is 6.66. The Morgan fingerprint density at radius 1 is 0.857 bits per heavy atom. The molecule has 0 radical (unpaired) electrons. The molecular weight excluding hydrogens is 257 g/mol. The van der Waals surface area contributed by atoms with Gasteiger partial charge in [0.05, 0.1) is 14.2 Å². The van der Waals surface area contributed by atoms with Gasteiger partial charge in [-0.2, -0.15) is 0 Å². The average molecular weight is 277 g/mol. The Labute approximate surface area is 138 Å². The van der Waals surface area contributed by atoms with E-state index in [9.17, 15) is 0 Å². The van der Waals surface area contributed by atoms with Gasteiger partial charge >= 0.3 is 18.9 Å². The number of nitrogens with zero attached hydrogens (tertiary/aromatic N) is 1. The van der Waals surface area contributed by atoms with E-state index in [1.165, 1.54) is 11.1 Å². The Kier molecular flexibility index (Phi) is 7.39. The second kappa shape index (κ2) is 8.79. The van der Waals surface area contributed by atoms with Crippen LogP contribution in [-0.4, -0.2) is 14.2 Å². The maximum Gasteiger partial charge on any atom is 1.00 e. The van der Waals surface area contributed by atoms with E-state index in [1.807, 2.05) is 36.4 Å². The summed E-state index contributed by atoms with van der Waals surface area (Å²) in [5.41, 5.74) is 2.38. The Morgan fingerprint density at radius 2 is 1.33 bits per heavy atom. The minimum Gasteiger partial charge on any atom is -0.652 e. The summed E-state index contributed by atoms with van der Waals surface area (Å²) in [5.74, 6) is 1.74. The van der Waals surface area contributed by atoms with Crippen molar-refractivity contribution in [3.63, 3.8) is 0 Å². The zero-order chi connectivity index (χ0) is 14.4. The summed E-state index contributed by atoms with van der Waals surface area (Å²) in [6, 6.07) is 16.2. The van der Waals surface area contributed by atoms with Crippen molar-refractivity contribution in [1.29, 1.82) is 0 Å². The molecule has 0 amide bonds. The number of rotatable bonds is 6. The second-order valence-corrected chi connectivity index (χ2v) is 4.64. The average Bonchev–Trinajstić information content (AvgIpc) is 2.53. The minimum absolute atomic E-state index is 0. The maximum atomic E-state index is 5.16. The summed E-state index contributed by atoms with van der Waals surface area (Å²) in [6.07, 6.45) is 0. The molecule has 1 atom stereocenters. The Hall–Kier alpha value is -1.40. The van der Waals surface area contributed by atoms with Crippen LogP contribution in [0.4, 0.5) is 0 Å². The van der Waals surface area contributed by atoms with Crippen LogP contribution in [0.15, 0.2) is 48.5 Å². The number of ether oxygens (including phenoxy) is 2. The van der Waals surface area contributed by atoms with Crippen LogP contribution >= 0.6 is 0 Å². The molecule has 106 valence electrons. The van der Waals surface area contributed by atoms with Crippen LogP contribution in [0.25, 0.3) is 5.32 Å². The summed E-state index contributed by atoms with van der Waals surface area (Å²) in [6.45, 7) is 2.81. The number of hydrogen-bond acceptors (Lipinski definition) is 2. The molecular formula is C17H20LiNO2. The fourth-order valence-corrected chi connectivity index (χ4v) is 1.96. The van der Waals surface area contributed by atoms with Gasteiger partial charge in [0.25, 0.3) is 0 Å². The molecule has 2 aromatic carbocycles. The Bertz CT molecular complexity index is 525. The van der Waals surface area contributed by atoms with Gasteiger partial charge in [-0.15, -0.1) is 12.6 Å². The van der Waals surface area contributed by atoms with Crippen molar-refractivity contribution in [2.24, 2.45) is 0 Å². The van der Waals surface area contributed by atoms with Crippen molar-refractivity contribution in [2.45, 2.75) is 19.5 Å². The molecule has 0 aromatic heterocycles. The molecule has 0 fully saturated rings. The zero-order valence-corrected chi connectivity index (χ0v) is 13.2. The van der Waals surface area contributed by atoms with E-state index in [2.05, 4.69) is 19.1 Å². The fourth-order valence-electron chi connectivity index (χ4n) is 1.96. The SMILES string of the molecule is COc1ccc(C[N-][C@H](C)c2ccc(OC)cc2)cc1.[Li+]. The molecule has 2 aromatic rings. The maximum absolute atomic E-state index is 5.16. The third kappa shape index (κ3) is 5.13. The predicted molar refractivity (Wildman–Crippen MR) is 81.5 cm³/mol. The molecule has 0 aliphatic heterocycles. The first kappa shape index (κ1) is 17.6. The number of benzene rings is 2. The fraction of sp³-hybridized carbons (Fsp3) is 0.294. The van der Waals surface area contributed by atoms with E-state index < -0.39 is 0 Å². The molecule has 0 heterocycles. The molecule has 0 bridgehead atoms. The van der Waals surface area contributed by atoms with Crippen LogP contribution in [0.1, 0.15) is 24.1 Å². The van der Waals surface area contributed by atoms with E-state index in [0.29, 0.717) is 6.54 Å². The van der Waals surface area contributed by atoms with Gasteiger partial charge in [-0.1, -0.05) is 42.3 Å². The van der Waals surface area contributed by atoms with Gasteiger partial charge < -0.3 is 14.8 Å². The first-order valence-corrected chi connectivity index (χ1v) is 6.66. The van der Waals surface area contributed by atoms with Crippen LogP contribution in [0.5, 0.6) is 11.5 Å². The van der Waals surface area contributed by atoms with Crippen molar-refractivity contribution in [3.8, 4) is 11.5 Å². The number of hydrogen-bond donors (Lipinski definition) is 0. The smallest absolute Gasteiger partial charge is 0.652 e.